The Hall–Kier alpha value is -3.00. The van der Waals surface area contributed by atoms with Crippen LogP contribution >= 0.6 is 0 Å². The second-order valence-electron chi connectivity index (χ2n) is 8.61. The van der Waals surface area contributed by atoms with Crippen LogP contribution in [0, 0.1) is 11.8 Å². The summed E-state index contributed by atoms with van der Waals surface area (Å²) in [6, 6.07) is 9.75. The van der Waals surface area contributed by atoms with E-state index in [1.165, 1.54) is 5.56 Å². The minimum Gasteiger partial charge on any atom is -0.399 e. The van der Waals surface area contributed by atoms with Crippen LogP contribution in [0.1, 0.15) is 36.9 Å². The number of likely N-dealkylation sites (tertiary alicyclic amines) is 2. The van der Waals surface area contributed by atoms with Gasteiger partial charge >= 0.3 is 0 Å². The monoisotopic (exact) mass is 436 g/mol. The molecule has 32 heavy (non-hydrogen) atoms. The molecule has 2 aliphatic heterocycles. The Morgan fingerprint density at radius 1 is 1.06 bits per heavy atom. The van der Waals surface area contributed by atoms with Gasteiger partial charge in [-0.2, -0.15) is 0 Å². The van der Waals surface area contributed by atoms with Crippen LogP contribution in [0.15, 0.2) is 47.9 Å². The molecule has 2 N–H and O–H groups in total. The first-order chi connectivity index (χ1) is 15.6. The molecule has 8 heteroatoms. The highest BCUT2D eigenvalue weighted by atomic mass is 16.6. The Kier molecular flexibility index (Phi) is 7.32. The number of nitrogens with zero attached hydrogens (tertiary/aromatic N) is 5. The topological polar surface area (TPSA) is 96.9 Å². The van der Waals surface area contributed by atoms with E-state index in [1.54, 1.807) is 19.5 Å². The standard InChI is InChI=1S/C24H32N6O2/c1-32-28-23(21-4-2-3-10-26-21)19-8-14-30(15-9-19)24(31)20-6-12-29(13-7-20)17-18-5-11-27-22(25)16-18/h2-5,10-11,16,19-20H,6-9,12-15,17H2,1H3,(H2,25,27). The van der Waals surface area contributed by atoms with Crippen molar-refractivity contribution in [1.82, 2.24) is 19.8 Å². The summed E-state index contributed by atoms with van der Waals surface area (Å²) in [6.07, 6.45) is 7.10. The zero-order chi connectivity index (χ0) is 22.3. The van der Waals surface area contributed by atoms with Crippen molar-refractivity contribution in [3.63, 3.8) is 0 Å². The Morgan fingerprint density at radius 2 is 1.81 bits per heavy atom. The van der Waals surface area contributed by atoms with Gasteiger partial charge in [-0.1, -0.05) is 11.2 Å². The fraction of sp³-hybridized carbons (Fsp3) is 0.500. The molecule has 0 aliphatic carbocycles. The number of carbonyl (C=O) groups excluding carboxylic acids is 1. The second kappa shape index (κ2) is 10.5. The average Bonchev–Trinajstić information content (AvgIpc) is 2.83. The van der Waals surface area contributed by atoms with Crippen LogP contribution in [0.4, 0.5) is 5.82 Å². The molecule has 0 bridgehead atoms. The van der Waals surface area contributed by atoms with E-state index in [0.717, 1.165) is 69.8 Å². The predicted octanol–water partition coefficient (Wildman–Crippen LogP) is 2.56. The number of piperidine rings is 2. The van der Waals surface area contributed by atoms with Crippen molar-refractivity contribution in [3.8, 4) is 0 Å². The van der Waals surface area contributed by atoms with Gasteiger partial charge in [-0.25, -0.2) is 4.98 Å². The first-order valence-corrected chi connectivity index (χ1v) is 11.4. The molecule has 2 aromatic heterocycles. The zero-order valence-corrected chi connectivity index (χ0v) is 18.7. The summed E-state index contributed by atoms with van der Waals surface area (Å²) in [4.78, 5) is 31.2. The van der Waals surface area contributed by atoms with Crippen LogP contribution in [-0.2, 0) is 16.2 Å². The van der Waals surface area contributed by atoms with Crippen molar-refractivity contribution < 1.29 is 9.63 Å². The SMILES string of the molecule is CON=C(c1ccccn1)C1CCN(C(=O)C2CCN(Cc3ccnc(N)c3)CC2)CC1. The maximum Gasteiger partial charge on any atom is 0.225 e. The lowest BCUT2D eigenvalue weighted by atomic mass is 9.88. The van der Waals surface area contributed by atoms with E-state index in [9.17, 15) is 4.79 Å². The lowest BCUT2D eigenvalue weighted by molar-refractivity contribution is -0.138. The predicted molar refractivity (Wildman–Crippen MR) is 124 cm³/mol. The first kappa shape index (κ1) is 22.2. The molecule has 0 atom stereocenters. The number of hydrogen-bond donors (Lipinski definition) is 1. The minimum atomic E-state index is 0.119. The number of hydrogen-bond acceptors (Lipinski definition) is 7. The lowest BCUT2D eigenvalue weighted by Gasteiger charge is -2.37. The van der Waals surface area contributed by atoms with E-state index in [0.29, 0.717) is 11.7 Å². The second-order valence-corrected chi connectivity index (χ2v) is 8.61. The van der Waals surface area contributed by atoms with Crippen LogP contribution in [0.2, 0.25) is 0 Å². The molecule has 0 spiro atoms. The highest BCUT2D eigenvalue weighted by Crippen LogP contribution is 2.26. The van der Waals surface area contributed by atoms with Gasteiger partial charge in [0.05, 0.1) is 5.69 Å². The number of nitrogen functional groups attached to an aromatic ring is 1. The van der Waals surface area contributed by atoms with Gasteiger partial charge in [0.15, 0.2) is 0 Å². The van der Waals surface area contributed by atoms with Crippen LogP contribution in [0.5, 0.6) is 0 Å². The molecular weight excluding hydrogens is 404 g/mol. The molecule has 2 fully saturated rings. The van der Waals surface area contributed by atoms with E-state index in [1.807, 2.05) is 35.2 Å². The van der Waals surface area contributed by atoms with Crippen molar-refractivity contribution in [1.29, 1.82) is 0 Å². The van der Waals surface area contributed by atoms with Gasteiger partial charge in [-0.05, 0) is 68.6 Å². The lowest BCUT2D eigenvalue weighted by Crippen LogP contribution is -2.46. The summed E-state index contributed by atoms with van der Waals surface area (Å²) in [6.45, 7) is 4.23. The Balaban J connectivity index is 1.27. The van der Waals surface area contributed by atoms with Gasteiger partial charge in [0.2, 0.25) is 5.91 Å². The first-order valence-electron chi connectivity index (χ1n) is 11.4. The molecule has 4 heterocycles. The third kappa shape index (κ3) is 5.43. The molecule has 2 aromatic rings. The molecular formula is C24H32N6O2. The van der Waals surface area contributed by atoms with Crippen molar-refractivity contribution in [2.45, 2.75) is 32.2 Å². The van der Waals surface area contributed by atoms with E-state index in [-0.39, 0.29) is 11.8 Å². The molecule has 0 unspecified atom stereocenters. The van der Waals surface area contributed by atoms with Crippen molar-refractivity contribution in [2.75, 3.05) is 39.0 Å². The van der Waals surface area contributed by atoms with Crippen LogP contribution < -0.4 is 5.73 Å². The van der Waals surface area contributed by atoms with Gasteiger partial charge in [-0.15, -0.1) is 0 Å². The number of pyridine rings is 2. The molecule has 8 nitrogen and oxygen atoms in total. The summed E-state index contributed by atoms with van der Waals surface area (Å²) < 4.78 is 0. The maximum atomic E-state index is 13.2. The summed E-state index contributed by atoms with van der Waals surface area (Å²) in [5.74, 6) is 1.23. The van der Waals surface area contributed by atoms with Crippen LogP contribution in [-0.4, -0.2) is 64.7 Å². The quantitative estimate of drug-likeness (QED) is 0.552. The third-order valence-electron chi connectivity index (χ3n) is 6.50. The molecule has 170 valence electrons. The van der Waals surface area contributed by atoms with Gasteiger partial charge in [-0.3, -0.25) is 14.7 Å². The normalized spacial score (nSPS) is 19.2. The number of anilines is 1. The zero-order valence-electron chi connectivity index (χ0n) is 18.7. The number of aromatic nitrogens is 2. The highest BCUT2D eigenvalue weighted by Gasteiger charge is 2.32. The summed E-state index contributed by atoms with van der Waals surface area (Å²) >= 11 is 0. The van der Waals surface area contributed by atoms with Gasteiger partial charge in [0.1, 0.15) is 18.6 Å². The van der Waals surface area contributed by atoms with Gasteiger partial charge in [0, 0.05) is 43.9 Å². The van der Waals surface area contributed by atoms with E-state index < -0.39 is 0 Å². The number of amides is 1. The Morgan fingerprint density at radius 3 is 2.47 bits per heavy atom. The van der Waals surface area contributed by atoms with E-state index in [2.05, 4.69) is 20.0 Å². The van der Waals surface area contributed by atoms with E-state index >= 15 is 0 Å². The molecule has 2 saturated heterocycles. The molecule has 0 aromatic carbocycles. The summed E-state index contributed by atoms with van der Waals surface area (Å²) in [5.41, 5.74) is 8.69. The number of rotatable bonds is 6. The van der Waals surface area contributed by atoms with Gasteiger partial charge in [0.25, 0.3) is 0 Å². The van der Waals surface area contributed by atoms with Crippen molar-refractivity contribution >= 4 is 17.4 Å². The Bertz CT molecular complexity index is 919. The third-order valence-corrected chi connectivity index (χ3v) is 6.50. The Labute approximate surface area is 189 Å². The van der Waals surface area contributed by atoms with Crippen LogP contribution in [0.25, 0.3) is 0 Å². The number of oxime groups is 1. The summed E-state index contributed by atoms with van der Waals surface area (Å²) in [5, 5.41) is 4.26. The smallest absolute Gasteiger partial charge is 0.225 e. The fourth-order valence-corrected chi connectivity index (χ4v) is 4.76. The summed E-state index contributed by atoms with van der Waals surface area (Å²) in [7, 11) is 1.57. The molecule has 0 radical (unpaired) electrons. The van der Waals surface area contributed by atoms with Gasteiger partial charge < -0.3 is 15.5 Å². The fourth-order valence-electron chi connectivity index (χ4n) is 4.76. The highest BCUT2D eigenvalue weighted by molar-refractivity contribution is 6.00. The van der Waals surface area contributed by atoms with E-state index in [4.69, 9.17) is 10.6 Å². The average molecular weight is 437 g/mol. The minimum absolute atomic E-state index is 0.119. The van der Waals surface area contributed by atoms with Crippen LogP contribution in [0.3, 0.4) is 0 Å². The maximum absolute atomic E-state index is 13.2. The largest absolute Gasteiger partial charge is 0.399 e. The molecule has 4 rings (SSSR count). The number of carbonyl (C=O) groups is 1. The number of nitrogens with two attached hydrogens (primary N) is 1. The van der Waals surface area contributed by atoms with Crippen molar-refractivity contribution in [3.05, 3.63) is 54.0 Å². The molecule has 1 amide bonds. The molecule has 0 saturated carbocycles. The molecule has 2 aliphatic rings. The van der Waals surface area contributed by atoms with Crippen molar-refractivity contribution in [2.24, 2.45) is 17.0 Å².